The van der Waals surface area contributed by atoms with E-state index in [1.54, 1.807) is 6.07 Å². The minimum Gasteiger partial charge on any atom is -0.349 e. The fourth-order valence-electron chi connectivity index (χ4n) is 2.88. The number of nitrogens with one attached hydrogen (secondary N) is 1. The Labute approximate surface area is 160 Å². The summed E-state index contributed by atoms with van der Waals surface area (Å²) in [5.74, 6) is -0.717. The first-order valence-electron chi connectivity index (χ1n) is 8.10. The van der Waals surface area contributed by atoms with E-state index in [9.17, 15) is 17.6 Å². The molecule has 1 aliphatic rings. The fourth-order valence-corrected chi connectivity index (χ4v) is 5.62. The summed E-state index contributed by atoms with van der Waals surface area (Å²) in [5, 5.41) is 2.82. The van der Waals surface area contributed by atoms with Gasteiger partial charge in [0.25, 0.3) is 5.91 Å². The highest BCUT2D eigenvalue weighted by Gasteiger charge is 2.31. The Morgan fingerprint density at radius 3 is 2.54 bits per heavy atom. The Kier molecular flexibility index (Phi) is 5.67. The molecule has 9 heteroatoms. The lowest BCUT2D eigenvalue weighted by Crippen LogP contribution is -2.46. The average molecular weight is 417 g/mol. The molecule has 0 aliphatic carbocycles. The number of piperidine rings is 1. The summed E-state index contributed by atoms with van der Waals surface area (Å²) in [6.45, 7) is 2.47. The van der Waals surface area contributed by atoms with Gasteiger partial charge in [-0.05, 0) is 50.1 Å². The van der Waals surface area contributed by atoms with Crippen LogP contribution in [0, 0.1) is 12.7 Å². The van der Waals surface area contributed by atoms with E-state index in [0.29, 0.717) is 17.7 Å². The lowest BCUT2D eigenvalue weighted by molar-refractivity contribution is 0.0928. The van der Waals surface area contributed by atoms with Crippen molar-refractivity contribution >= 4 is 38.9 Å². The van der Waals surface area contributed by atoms with Crippen LogP contribution in [0.2, 0.25) is 5.02 Å². The summed E-state index contributed by atoms with van der Waals surface area (Å²) >= 11 is 7.32. The second kappa shape index (κ2) is 7.64. The molecule has 1 aromatic carbocycles. The number of thiophene rings is 1. The average Bonchev–Trinajstić information content (AvgIpc) is 3.01. The normalized spacial score (nSPS) is 16.6. The molecule has 1 N–H and O–H groups in total. The van der Waals surface area contributed by atoms with Gasteiger partial charge in [-0.15, -0.1) is 11.3 Å². The maximum Gasteiger partial charge on any atom is 0.261 e. The highest BCUT2D eigenvalue weighted by atomic mass is 35.5. The zero-order valence-corrected chi connectivity index (χ0v) is 16.4. The van der Waals surface area contributed by atoms with E-state index in [-0.39, 0.29) is 35.0 Å². The Morgan fingerprint density at radius 2 is 1.96 bits per heavy atom. The Balaban J connectivity index is 1.63. The Bertz CT molecular complexity index is 922. The fraction of sp³-hybridized carbons (Fsp3) is 0.353. The number of aryl methyl sites for hydroxylation is 1. The Morgan fingerprint density at radius 1 is 1.27 bits per heavy atom. The van der Waals surface area contributed by atoms with E-state index < -0.39 is 15.8 Å². The molecule has 3 rings (SSSR count). The van der Waals surface area contributed by atoms with Gasteiger partial charge in [0.15, 0.2) is 0 Å². The van der Waals surface area contributed by atoms with Crippen LogP contribution < -0.4 is 5.32 Å². The third-order valence-electron chi connectivity index (χ3n) is 4.27. The molecule has 1 fully saturated rings. The van der Waals surface area contributed by atoms with Crippen molar-refractivity contribution in [2.45, 2.75) is 30.7 Å². The molecule has 1 saturated heterocycles. The molecule has 0 atom stereocenters. The van der Waals surface area contributed by atoms with Crippen molar-refractivity contribution in [2.24, 2.45) is 0 Å². The van der Waals surface area contributed by atoms with Crippen LogP contribution in [0.4, 0.5) is 4.39 Å². The van der Waals surface area contributed by atoms with Crippen molar-refractivity contribution < 1.29 is 17.6 Å². The third kappa shape index (κ3) is 4.09. The van der Waals surface area contributed by atoms with Crippen LogP contribution in [0.15, 0.2) is 35.2 Å². The predicted octanol–water partition coefficient (Wildman–Crippen LogP) is 3.43. The van der Waals surface area contributed by atoms with Gasteiger partial charge in [0.05, 0.1) is 9.90 Å². The quantitative estimate of drug-likeness (QED) is 0.830. The molecule has 0 bridgehead atoms. The van der Waals surface area contributed by atoms with E-state index in [2.05, 4.69) is 5.32 Å². The smallest absolute Gasteiger partial charge is 0.261 e. The lowest BCUT2D eigenvalue weighted by Gasteiger charge is -2.31. The van der Waals surface area contributed by atoms with Crippen LogP contribution in [-0.2, 0) is 10.0 Å². The van der Waals surface area contributed by atoms with Gasteiger partial charge in [-0.3, -0.25) is 4.79 Å². The lowest BCUT2D eigenvalue weighted by atomic mass is 10.1. The zero-order chi connectivity index (χ0) is 18.9. The second-order valence-corrected chi connectivity index (χ2v) is 9.74. The number of amides is 1. The molecule has 1 aliphatic heterocycles. The third-order valence-corrected chi connectivity index (χ3v) is 7.65. The number of hydrogen-bond acceptors (Lipinski definition) is 4. The molecule has 0 saturated carbocycles. The summed E-state index contributed by atoms with van der Waals surface area (Å²) in [4.78, 5) is 13.8. The van der Waals surface area contributed by atoms with Crippen LogP contribution >= 0.6 is 22.9 Å². The van der Waals surface area contributed by atoms with Gasteiger partial charge in [-0.2, -0.15) is 4.31 Å². The zero-order valence-electron chi connectivity index (χ0n) is 14.0. The van der Waals surface area contributed by atoms with Crippen LogP contribution in [0.3, 0.4) is 0 Å². The number of halogens is 2. The largest absolute Gasteiger partial charge is 0.349 e. The molecule has 0 radical (unpaired) electrons. The maximum atomic E-state index is 13.2. The van der Waals surface area contributed by atoms with Gasteiger partial charge in [-0.25, -0.2) is 12.8 Å². The van der Waals surface area contributed by atoms with Crippen molar-refractivity contribution in [3.05, 3.63) is 50.9 Å². The highest BCUT2D eigenvalue weighted by Crippen LogP contribution is 2.27. The topological polar surface area (TPSA) is 66.5 Å². The number of sulfonamides is 1. The number of nitrogens with zero attached hydrogens (tertiary/aromatic N) is 1. The van der Waals surface area contributed by atoms with Gasteiger partial charge in [0, 0.05) is 24.0 Å². The summed E-state index contributed by atoms with van der Waals surface area (Å²) in [7, 11) is -3.79. The SMILES string of the molecule is Cc1ccc(C(=O)NC2CCN(S(=O)(=O)c3ccc(F)cc3Cl)CC2)s1. The molecule has 2 heterocycles. The summed E-state index contributed by atoms with van der Waals surface area (Å²) in [6.07, 6.45) is 1.02. The van der Waals surface area contributed by atoms with Crippen molar-refractivity contribution in [3.8, 4) is 0 Å². The first kappa shape index (κ1) is 19.3. The molecule has 26 heavy (non-hydrogen) atoms. The van der Waals surface area contributed by atoms with E-state index in [1.165, 1.54) is 21.7 Å². The van der Waals surface area contributed by atoms with Crippen molar-refractivity contribution in [3.63, 3.8) is 0 Å². The molecule has 1 aromatic heterocycles. The van der Waals surface area contributed by atoms with Crippen molar-refractivity contribution in [1.29, 1.82) is 0 Å². The van der Waals surface area contributed by atoms with E-state index in [4.69, 9.17) is 11.6 Å². The molecule has 0 unspecified atom stereocenters. The van der Waals surface area contributed by atoms with Crippen molar-refractivity contribution in [2.75, 3.05) is 13.1 Å². The van der Waals surface area contributed by atoms with Gasteiger partial charge in [0.1, 0.15) is 10.7 Å². The van der Waals surface area contributed by atoms with Crippen LogP contribution in [-0.4, -0.2) is 37.8 Å². The van der Waals surface area contributed by atoms with Gasteiger partial charge in [0.2, 0.25) is 10.0 Å². The van der Waals surface area contributed by atoms with E-state index >= 15 is 0 Å². The summed E-state index contributed by atoms with van der Waals surface area (Å²) in [5.41, 5.74) is 0. The summed E-state index contributed by atoms with van der Waals surface area (Å²) < 4.78 is 39.9. The van der Waals surface area contributed by atoms with Gasteiger partial charge >= 0.3 is 0 Å². The monoisotopic (exact) mass is 416 g/mol. The molecule has 1 amide bonds. The number of carbonyl (C=O) groups excluding carboxylic acids is 1. The van der Waals surface area contributed by atoms with Crippen LogP contribution in [0.5, 0.6) is 0 Å². The number of rotatable bonds is 4. The summed E-state index contributed by atoms with van der Waals surface area (Å²) in [6, 6.07) is 6.84. The van der Waals surface area contributed by atoms with Gasteiger partial charge < -0.3 is 5.32 Å². The molecule has 5 nitrogen and oxygen atoms in total. The van der Waals surface area contributed by atoms with Crippen LogP contribution in [0.1, 0.15) is 27.4 Å². The number of benzene rings is 1. The first-order chi connectivity index (χ1) is 12.3. The van der Waals surface area contributed by atoms with E-state index in [0.717, 1.165) is 17.0 Å². The standard InChI is InChI=1S/C17H18ClFN2O3S2/c1-11-2-4-15(25-11)17(22)20-13-6-8-21(9-7-13)26(23,24)16-5-3-12(19)10-14(16)18/h2-5,10,13H,6-9H2,1H3,(H,20,22). The molecule has 0 spiro atoms. The highest BCUT2D eigenvalue weighted by molar-refractivity contribution is 7.89. The van der Waals surface area contributed by atoms with Crippen molar-refractivity contribution in [1.82, 2.24) is 9.62 Å². The Hall–Kier alpha value is -1.48. The second-order valence-electron chi connectivity index (χ2n) is 6.14. The molecular weight excluding hydrogens is 399 g/mol. The predicted molar refractivity (Wildman–Crippen MR) is 99.7 cm³/mol. The molecular formula is C17H18ClFN2O3S2. The number of hydrogen-bond donors (Lipinski definition) is 1. The minimum absolute atomic E-state index is 0.0833. The van der Waals surface area contributed by atoms with E-state index in [1.807, 2.05) is 13.0 Å². The van der Waals surface area contributed by atoms with Gasteiger partial charge in [-0.1, -0.05) is 11.6 Å². The number of carbonyl (C=O) groups is 1. The molecule has 2 aromatic rings. The molecule has 140 valence electrons. The first-order valence-corrected chi connectivity index (χ1v) is 10.7. The van der Waals surface area contributed by atoms with Crippen LogP contribution in [0.25, 0.3) is 0 Å². The minimum atomic E-state index is -3.79. The maximum absolute atomic E-state index is 13.2.